The van der Waals surface area contributed by atoms with E-state index in [1.54, 1.807) is 11.3 Å². The fraction of sp³-hybridized carbons (Fsp3) is 0.429. The molecule has 1 unspecified atom stereocenters. The van der Waals surface area contributed by atoms with Crippen LogP contribution in [0.15, 0.2) is 29.6 Å². The zero-order valence-corrected chi connectivity index (χ0v) is 10.5. The largest absolute Gasteiger partial charge is 0.393 e. The zero-order chi connectivity index (χ0) is 11.4. The summed E-state index contributed by atoms with van der Waals surface area (Å²) in [4.78, 5) is 0. The van der Waals surface area contributed by atoms with Crippen LogP contribution >= 0.6 is 11.3 Å². The molecular weight excluding hydrogens is 216 g/mol. The Hall–Kier alpha value is -0.860. The molecule has 2 aromatic rings. The second kappa shape index (κ2) is 5.46. The molecule has 0 amide bonds. The van der Waals surface area contributed by atoms with Gasteiger partial charge in [0.2, 0.25) is 0 Å². The van der Waals surface area contributed by atoms with Gasteiger partial charge in [-0.1, -0.05) is 31.5 Å². The molecule has 0 fully saturated rings. The van der Waals surface area contributed by atoms with Crippen LogP contribution in [0.4, 0.5) is 0 Å². The van der Waals surface area contributed by atoms with Crippen LogP contribution in [-0.2, 0) is 6.42 Å². The summed E-state index contributed by atoms with van der Waals surface area (Å²) < 4.78 is 1.35. The second-order valence-corrected chi connectivity index (χ2v) is 5.15. The number of aliphatic hydroxyl groups excluding tert-OH is 1. The Morgan fingerprint density at radius 1 is 1.25 bits per heavy atom. The van der Waals surface area contributed by atoms with Crippen LogP contribution in [0.5, 0.6) is 0 Å². The van der Waals surface area contributed by atoms with Crippen LogP contribution in [-0.4, -0.2) is 11.2 Å². The quantitative estimate of drug-likeness (QED) is 0.829. The van der Waals surface area contributed by atoms with Crippen LogP contribution < -0.4 is 0 Å². The maximum Gasteiger partial charge on any atom is 0.0543 e. The van der Waals surface area contributed by atoms with Gasteiger partial charge in [-0.15, -0.1) is 11.3 Å². The summed E-state index contributed by atoms with van der Waals surface area (Å²) in [5, 5.41) is 13.3. The monoisotopic (exact) mass is 234 g/mol. The van der Waals surface area contributed by atoms with E-state index in [9.17, 15) is 5.11 Å². The van der Waals surface area contributed by atoms with Crippen LogP contribution in [0.3, 0.4) is 0 Å². The molecule has 0 spiro atoms. The summed E-state index contributed by atoms with van der Waals surface area (Å²) in [5.41, 5.74) is 1.38. The molecule has 2 rings (SSSR count). The van der Waals surface area contributed by atoms with Crippen molar-refractivity contribution in [1.82, 2.24) is 0 Å². The molecule has 1 atom stereocenters. The summed E-state index contributed by atoms with van der Waals surface area (Å²) >= 11 is 1.80. The molecule has 1 aromatic carbocycles. The maximum absolute atomic E-state index is 9.72. The van der Waals surface area contributed by atoms with Crippen LogP contribution in [0.2, 0.25) is 0 Å². The molecule has 0 aliphatic heterocycles. The summed E-state index contributed by atoms with van der Waals surface area (Å²) in [7, 11) is 0. The predicted molar refractivity (Wildman–Crippen MR) is 71.1 cm³/mol. The number of benzene rings is 1. The van der Waals surface area contributed by atoms with Gasteiger partial charge in [0.1, 0.15) is 0 Å². The number of hydrogen-bond donors (Lipinski definition) is 1. The maximum atomic E-state index is 9.72. The topological polar surface area (TPSA) is 20.2 Å². The molecule has 1 aromatic heterocycles. The third kappa shape index (κ3) is 2.63. The van der Waals surface area contributed by atoms with Crippen molar-refractivity contribution in [3.8, 4) is 0 Å². The molecule has 0 aliphatic carbocycles. The first-order valence-corrected chi connectivity index (χ1v) is 6.82. The van der Waals surface area contributed by atoms with E-state index in [0.29, 0.717) is 0 Å². The molecule has 1 N–H and O–H groups in total. The predicted octanol–water partition coefficient (Wildman–Crippen LogP) is 3.99. The van der Waals surface area contributed by atoms with Crippen molar-refractivity contribution in [3.63, 3.8) is 0 Å². The molecule has 16 heavy (non-hydrogen) atoms. The average molecular weight is 234 g/mol. The van der Waals surface area contributed by atoms with Gasteiger partial charge in [0.15, 0.2) is 0 Å². The van der Waals surface area contributed by atoms with E-state index in [1.807, 2.05) is 0 Å². The Kier molecular flexibility index (Phi) is 3.97. The van der Waals surface area contributed by atoms with Crippen molar-refractivity contribution in [1.29, 1.82) is 0 Å². The molecule has 0 bridgehead atoms. The molecular formula is C14H18OS. The number of rotatable bonds is 5. The standard InChI is InChI=1S/C14H18OS/c1-2-5-12(15)9-8-11-10-16-14-7-4-3-6-13(11)14/h3-4,6-7,10,12,15H,2,5,8-9H2,1H3. The Labute approximate surface area is 101 Å². The number of thiophene rings is 1. The molecule has 1 nitrogen and oxygen atoms in total. The third-order valence-corrected chi connectivity index (χ3v) is 3.94. The van der Waals surface area contributed by atoms with Gasteiger partial charge in [-0.05, 0) is 41.7 Å². The second-order valence-electron chi connectivity index (χ2n) is 4.24. The lowest BCUT2D eigenvalue weighted by molar-refractivity contribution is 0.154. The lowest BCUT2D eigenvalue weighted by atomic mass is 10.0. The van der Waals surface area contributed by atoms with E-state index in [2.05, 4.69) is 36.6 Å². The average Bonchev–Trinajstić information content (AvgIpc) is 2.70. The van der Waals surface area contributed by atoms with Crippen LogP contribution in [0.1, 0.15) is 31.7 Å². The minimum absolute atomic E-state index is 0.135. The first-order chi connectivity index (χ1) is 7.81. The van der Waals surface area contributed by atoms with Gasteiger partial charge in [-0.3, -0.25) is 0 Å². The lowest BCUT2D eigenvalue weighted by Crippen LogP contribution is -2.06. The summed E-state index contributed by atoms with van der Waals surface area (Å²) in [6.45, 7) is 2.11. The SMILES string of the molecule is CCCC(O)CCc1csc2ccccc12. The fourth-order valence-corrected chi connectivity index (χ4v) is 3.02. The summed E-state index contributed by atoms with van der Waals surface area (Å²) in [6, 6.07) is 8.49. The third-order valence-electron chi connectivity index (χ3n) is 2.93. The first-order valence-electron chi connectivity index (χ1n) is 5.94. The van der Waals surface area contributed by atoms with Crippen molar-refractivity contribution in [2.75, 3.05) is 0 Å². The van der Waals surface area contributed by atoms with E-state index in [-0.39, 0.29) is 6.10 Å². The van der Waals surface area contributed by atoms with Crippen molar-refractivity contribution < 1.29 is 5.11 Å². The van der Waals surface area contributed by atoms with Gasteiger partial charge >= 0.3 is 0 Å². The Bertz CT molecular complexity index is 447. The Morgan fingerprint density at radius 3 is 2.88 bits per heavy atom. The lowest BCUT2D eigenvalue weighted by Gasteiger charge is -2.07. The first kappa shape index (κ1) is 11.6. The van der Waals surface area contributed by atoms with Crippen molar-refractivity contribution in [3.05, 3.63) is 35.2 Å². The van der Waals surface area contributed by atoms with Crippen LogP contribution in [0, 0.1) is 0 Å². The van der Waals surface area contributed by atoms with E-state index < -0.39 is 0 Å². The van der Waals surface area contributed by atoms with Crippen LogP contribution in [0.25, 0.3) is 10.1 Å². The van der Waals surface area contributed by atoms with Gasteiger partial charge in [0, 0.05) is 4.70 Å². The summed E-state index contributed by atoms with van der Waals surface area (Å²) in [6.07, 6.45) is 3.72. The van der Waals surface area contributed by atoms with E-state index >= 15 is 0 Å². The highest BCUT2D eigenvalue weighted by molar-refractivity contribution is 7.17. The zero-order valence-electron chi connectivity index (χ0n) is 9.65. The highest BCUT2D eigenvalue weighted by Gasteiger charge is 2.06. The normalized spacial score (nSPS) is 13.1. The number of aryl methyl sites for hydroxylation is 1. The highest BCUT2D eigenvalue weighted by Crippen LogP contribution is 2.26. The molecule has 86 valence electrons. The number of aliphatic hydroxyl groups is 1. The smallest absolute Gasteiger partial charge is 0.0543 e. The fourth-order valence-electron chi connectivity index (χ4n) is 2.03. The van der Waals surface area contributed by atoms with Crippen molar-refractivity contribution in [2.24, 2.45) is 0 Å². The molecule has 1 heterocycles. The van der Waals surface area contributed by atoms with E-state index in [4.69, 9.17) is 0 Å². The van der Waals surface area contributed by atoms with E-state index in [0.717, 1.165) is 25.7 Å². The van der Waals surface area contributed by atoms with Gasteiger partial charge in [-0.2, -0.15) is 0 Å². The van der Waals surface area contributed by atoms with Crippen molar-refractivity contribution in [2.45, 2.75) is 38.7 Å². The van der Waals surface area contributed by atoms with Gasteiger partial charge in [0.05, 0.1) is 6.10 Å². The van der Waals surface area contributed by atoms with E-state index in [1.165, 1.54) is 15.6 Å². The van der Waals surface area contributed by atoms with Gasteiger partial charge in [-0.25, -0.2) is 0 Å². The van der Waals surface area contributed by atoms with Crippen molar-refractivity contribution >= 4 is 21.4 Å². The molecule has 0 saturated carbocycles. The van der Waals surface area contributed by atoms with Gasteiger partial charge in [0.25, 0.3) is 0 Å². The Morgan fingerprint density at radius 2 is 2.06 bits per heavy atom. The number of fused-ring (bicyclic) bond motifs is 1. The van der Waals surface area contributed by atoms with Gasteiger partial charge < -0.3 is 5.11 Å². The Balaban J connectivity index is 2.04. The number of hydrogen-bond acceptors (Lipinski definition) is 2. The molecule has 0 aliphatic rings. The molecule has 0 saturated heterocycles. The molecule has 0 radical (unpaired) electrons. The highest BCUT2D eigenvalue weighted by atomic mass is 32.1. The molecule has 2 heteroatoms. The minimum atomic E-state index is -0.135. The summed E-state index contributed by atoms with van der Waals surface area (Å²) in [5.74, 6) is 0. The minimum Gasteiger partial charge on any atom is -0.393 e.